The number of rotatable bonds is 6. The molecule has 0 radical (unpaired) electrons. The molecule has 112 valence electrons. The maximum Gasteiger partial charge on any atom is 0.332 e. The fourth-order valence-electron chi connectivity index (χ4n) is 2.44. The van der Waals surface area contributed by atoms with Crippen LogP contribution < -0.4 is 5.32 Å². The lowest BCUT2D eigenvalue weighted by atomic mass is 10.2. The van der Waals surface area contributed by atoms with Crippen LogP contribution in [0.4, 0.5) is 0 Å². The smallest absolute Gasteiger partial charge is 0.332 e. The highest BCUT2D eigenvalue weighted by atomic mass is 16.4. The lowest BCUT2D eigenvalue weighted by Crippen LogP contribution is -2.47. The average molecular weight is 284 g/mol. The van der Waals surface area contributed by atoms with Gasteiger partial charge in [-0.2, -0.15) is 0 Å². The average Bonchev–Trinajstić information content (AvgIpc) is 3.14. The molecular formula is C13H20N2O5. The lowest BCUT2D eigenvalue weighted by Gasteiger charge is -2.24. The van der Waals surface area contributed by atoms with Crippen LogP contribution in [-0.2, 0) is 14.4 Å². The van der Waals surface area contributed by atoms with Crippen LogP contribution in [0.15, 0.2) is 0 Å². The van der Waals surface area contributed by atoms with Crippen molar-refractivity contribution in [2.24, 2.45) is 5.92 Å². The Hall–Kier alpha value is -1.63. The first-order valence-corrected chi connectivity index (χ1v) is 6.99. The number of likely N-dealkylation sites (tertiary alicyclic amines) is 1. The second kappa shape index (κ2) is 6.21. The summed E-state index contributed by atoms with van der Waals surface area (Å²) < 4.78 is 0. The van der Waals surface area contributed by atoms with E-state index in [2.05, 4.69) is 5.32 Å². The van der Waals surface area contributed by atoms with Crippen LogP contribution in [0.2, 0.25) is 0 Å². The summed E-state index contributed by atoms with van der Waals surface area (Å²) in [5, 5.41) is 20.2. The first-order chi connectivity index (χ1) is 9.50. The number of carbonyl (C=O) groups excluding carboxylic acids is 2. The van der Waals surface area contributed by atoms with Crippen LogP contribution in [0.25, 0.3) is 0 Å². The molecule has 2 amide bonds. The molecule has 0 spiro atoms. The molecule has 1 aliphatic carbocycles. The number of hydrogen-bond acceptors (Lipinski definition) is 4. The van der Waals surface area contributed by atoms with Gasteiger partial charge in [0.15, 0.2) is 6.10 Å². The minimum atomic E-state index is -1.47. The van der Waals surface area contributed by atoms with Gasteiger partial charge in [-0.15, -0.1) is 0 Å². The molecule has 1 saturated heterocycles. The zero-order chi connectivity index (χ0) is 14.7. The molecule has 2 aliphatic rings. The number of carboxylic acids is 1. The molecule has 2 rings (SSSR count). The maximum absolute atomic E-state index is 12.0. The summed E-state index contributed by atoms with van der Waals surface area (Å²) in [6.45, 7) is 0.708. The molecule has 1 heterocycles. The summed E-state index contributed by atoms with van der Waals surface area (Å²) in [5.74, 6) is -1.40. The Morgan fingerprint density at radius 2 is 1.95 bits per heavy atom. The molecule has 1 saturated carbocycles. The first kappa shape index (κ1) is 14.8. The highest BCUT2D eigenvalue weighted by Crippen LogP contribution is 2.33. The van der Waals surface area contributed by atoms with Gasteiger partial charge in [-0.05, 0) is 25.7 Å². The highest BCUT2D eigenvalue weighted by Gasteiger charge is 2.40. The minimum absolute atomic E-state index is 0.0373. The fraction of sp³-hybridized carbons (Fsp3) is 0.769. The molecule has 0 aromatic heterocycles. The van der Waals surface area contributed by atoms with Crippen LogP contribution in [-0.4, -0.2) is 58.1 Å². The van der Waals surface area contributed by atoms with E-state index in [-0.39, 0.29) is 30.7 Å². The quantitative estimate of drug-likeness (QED) is 0.600. The molecule has 3 N–H and O–H groups in total. The molecule has 0 bridgehead atoms. The van der Waals surface area contributed by atoms with Crippen LogP contribution in [0, 0.1) is 5.92 Å². The van der Waals surface area contributed by atoms with Crippen molar-refractivity contribution in [3.8, 4) is 0 Å². The zero-order valence-corrected chi connectivity index (χ0v) is 11.2. The lowest BCUT2D eigenvalue weighted by molar-refractivity contribution is -0.147. The first-order valence-electron chi connectivity index (χ1n) is 6.99. The third-order valence-electron chi connectivity index (χ3n) is 3.77. The minimum Gasteiger partial charge on any atom is -0.479 e. The van der Waals surface area contributed by atoms with Crippen molar-refractivity contribution in [2.45, 2.75) is 44.2 Å². The maximum atomic E-state index is 12.0. The molecule has 1 aliphatic heterocycles. The summed E-state index contributed by atoms with van der Waals surface area (Å²) in [6, 6.07) is -0.440. The van der Waals surface area contributed by atoms with Crippen molar-refractivity contribution in [3.63, 3.8) is 0 Å². The van der Waals surface area contributed by atoms with E-state index in [1.165, 1.54) is 0 Å². The molecule has 7 heteroatoms. The standard InChI is InChI=1S/C13H20N2O5/c16-10(13(19)20)5-6-14-11(17)9-2-1-7-15(9)12(18)8-3-4-8/h8-10,16H,1-7H2,(H,14,17)(H,19,20). The number of aliphatic carboxylic acids is 1. The van der Waals surface area contributed by atoms with Crippen LogP contribution in [0.1, 0.15) is 32.1 Å². The second-order valence-corrected chi connectivity index (χ2v) is 5.40. The molecule has 0 aromatic rings. The topological polar surface area (TPSA) is 107 Å². The number of aliphatic hydroxyl groups is 1. The van der Waals surface area contributed by atoms with E-state index in [1.54, 1.807) is 4.90 Å². The zero-order valence-electron chi connectivity index (χ0n) is 11.2. The van der Waals surface area contributed by atoms with Gasteiger partial charge in [0, 0.05) is 25.4 Å². The van der Waals surface area contributed by atoms with Gasteiger partial charge in [0.1, 0.15) is 6.04 Å². The summed E-state index contributed by atoms with van der Waals surface area (Å²) >= 11 is 0. The Balaban J connectivity index is 1.79. The van der Waals surface area contributed by atoms with Gasteiger partial charge in [-0.1, -0.05) is 0 Å². The van der Waals surface area contributed by atoms with Gasteiger partial charge in [0.2, 0.25) is 11.8 Å². The largest absolute Gasteiger partial charge is 0.479 e. The van der Waals surface area contributed by atoms with Crippen molar-refractivity contribution in [2.75, 3.05) is 13.1 Å². The predicted molar refractivity (Wildman–Crippen MR) is 68.7 cm³/mol. The van der Waals surface area contributed by atoms with E-state index >= 15 is 0 Å². The van der Waals surface area contributed by atoms with E-state index in [0.717, 1.165) is 19.3 Å². The summed E-state index contributed by atoms with van der Waals surface area (Å²) in [5.41, 5.74) is 0. The number of nitrogens with one attached hydrogen (secondary N) is 1. The van der Waals surface area contributed by atoms with Gasteiger partial charge in [-0.25, -0.2) is 4.79 Å². The van der Waals surface area contributed by atoms with E-state index < -0.39 is 18.1 Å². The van der Waals surface area contributed by atoms with Gasteiger partial charge in [0.25, 0.3) is 0 Å². The van der Waals surface area contributed by atoms with E-state index in [0.29, 0.717) is 13.0 Å². The summed E-state index contributed by atoms with van der Waals surface area (Å²) in [6.07, 6.45) is 1.77. The second-order valence-electron chi connectivity index (χ2n) is 5.40. The Labute approximate surface area is 116 Å². The number of aliphatic hydroxyl groups excluding tert-OH is 1. The van der Waals surface area contributed by atoms with Crippen LogP contribution in [0.5, 0.6) is 0 Å². The van der Waals surface area contributed by atoms with Gasteiger partial charge >= 0.3 is 5.97 Å². The van der Waals surface area contributed by atoms with Crippen molar-refractivity contribution in [1.29, 1.82) is 0 Å². The SMILES string of the molecule is O=C(O)C(O)CCNC(=O)C1CCCN1C(=O)C1CC1. The normalized spacial score (nSPS) is 23.4. The number of carboxylic acid groups (broad SMARTS) is 1. The number of amides is 2. The third-order valence-corrected chi connectivity index (χ3v) is 3.77. The van der Waals surface area contributed by atoms with E-state index in [1.807, 2.05) is 0 Å². The van der Waals surface area contributed by atoms with E-state index in [4.69, 9.17) is 10.2 Å². The van der Waals surface area contributed by atoms with Crippen LogP contribution >= 0.6 is 0 Å². The Morgan fingerprint density at radius 1 is 1.25 bits per heavy atom. The molecule has 20 heavy (non-hydrogen) atoms. The van der Waals surface area contributed by atoms with Crippen LogP contribution in [0.3, 0.4) is 0 Å². The Kier molecular flexibility index (Phi) is 4.59. The summed E-state index contributed by atoms with van der Waals surface area (Å²) in [4.78, 5) is 36.1. The van der Waals surface area contributed by atoms with Gasteiger partial charge in [-0.3, -0.25) is 9.59 Å². The summed E-state index contributed by atoms with van der Waals surface area (Å²) in [7, 11) is 0. The third kappa shape index (κ3) is 3.47. The molecular weight excluding hydrogens is 264 g/mol. The van der Waals surface area contributed by atoms with Gasteiger partial charge in [0.05, 0.1) is 0 Å². The van der Waals surface area contributed by atoms with Gasteiger partial charge < -0.3 is 20.4 Å². The molecule has 2 atom stereocenters. The molecule has 2 fully saturated rings. The number of carbonyl (C=O) groups is 3. The monoisotopic (exact) mass is 284 g/mol. The number of hydrogen-bond donors (Lipinski definition) is 3. The van der Waals surface area contributed by atoms with Crippen molar-refractivity contribution in [3.05, 3.63) is 0 Å². The number of nitrogens with zero attached hydrogens (tertiary/aromatic N) is 1. The predicted octanol–water partition coefficient (Wildman–Crippen LogP) is -0.661. The Morgan fingerprint density at radius 3 is 2.55 bits per heavy atom. The van der Waals surface area contributed by atoms with E-state index in [9.17, 15) is 14.4 Å². The van der Waals surface area contributed by atoms with Crippen molar-refractivity contribution < 1.29 is 24.6 Å². The van der Waals surface area contributed by atoms with Crippen molar-refractivity contribution >= 4 is 17.8 Å². The highest BCUT2D eigenvalue weighted by molar-refractivity contribution is 5.90. The van der Waals surface area contributed by atoms with Crippen molar-refractivity contribution in [1.82, 2.24) is 10.2 Å². The fourth-order valence-corrected chi connectivity index (χ4v) is 2.44. The molecule has 0 aromatic carbocycles. The molecule has 2 unspecified atom stereocenters. The molecule has 7 nitrogen and oxygen atoms in total. The Bertz CT molecular complexity index is 408.